The van der Waals surface area contributed by atoms with E-state index in [4.69, 9.17) is 0 Å². The molecule has 0 saturated heterocycles. The van der Waals surface area contributed by atoms with E-state index >= 15 is 0 Å². The van der Waals surface area contributed by atoms with Crippen LogP contribution < -0.4 is 5.32 Å². The minimum absolute atomic E-state index is 0.0546. The molecule has 0 spiro atoms. The molecule has 2 N–H and O–H groups in total. The van der Waals surface area contributed by atoms with Crippen LogP contribution in [0.5, 0.6) is 0 Å². The molecular weight excluding hydrogens is 350 g/mol. The highest BCUT2D eigenvalue weighted by Crippen LogP contribution is 2.34. The number of nitrogens with one attached hydrogen (secondary N) is 2. The molecule has 0 saturated carbocycles. The number of para-hydroxylation sites is 1. The van der Waals surface area contributed by atoms with E-state index in [1.807, 2.05) is 48.7 Å². The van der Waals surface area contributed by atoms with Gasteiger partial charge in [0.1, 0.15) is 6.04 Å². The predicted octanol–water partition coefficient (Wildman–Crippen LogP) is 3.68. The summed E-state index contributed by atoms with van der Waals surface area (Å²) in [4.78, 5) is 30.8. The maximum atomic E-state index is 13.0. The molecule has 1 aliphatic rings. The summed E-state index contributed by atoms with van der Waals surface area (Å²) in [6, 6.07) is 15.0. The average molecular weight is 375 g/mol. The van der Waals surface area contributed by atoms with Gasteiger partial charge in [0.15, 0.2) is 0 Å². The number of benzene rings is 2. The number of carbonyl (C=O) groups excluding carboxylic acids is 2. The van der Waals surface area contributed by atoms with Crippen LogP contribution in [0.1, 0.15) is 41.4 Å². The second kappa shape index (κ2) is 7.50. The summed E-state index contributed by atoms with van der Waals surface area (Å²) in [5.41, 5.74) is 3.72. The topological polar surface area (TPSA) is 65.2 Å². The molecule has 1 aromatic heterocycles. The van der Waals surface area contributed by atoms with Gasteiger partial charge >= 0.3 is 0 Å². The van der Waals surface area contributed by atoms with Crippen LogP contribution in [0.15, 0.2) is 54.7 Å². The lowest BCUT2D eigenvalue weighted by Crippen LogP contribution is -2.41. The van der Waals surface area contributed by atoms with E-state index in [1.165, 1.54) is 10.9 Å². The zero-order chi connectivity index (χ0) is 19.7. The van der Waals surface area contributed by atoms with E-state index in [0.29, 0.717) is 24.6 Å². The number of H-pyrrole nitrogens is 1. The highest BCUT2D eigenvalue weighted by molar-refractivity contribution is 6.04. The molecule has 28 heavy (non-hydrogen) atoms. The number of fused-ring (bicyclic) bond motifs is 2. The first-order valence-corrected chi connectivity index (χ1v) is 9.79. The molecular formula is C23H25N3O2. The molecule has 0 radical (unpaired) electrons. The molecule has 1 unspecified atom stereocenters. The summed E-state index contributed by atoms with van der Waals surface area (Å²) in [5.74, 6) is 0.125. The third kappa shape index (κ3) is 3.28. The fourth-order valence-electron chi connectivity index (χ4n) is 3.99. The van der Waals surface area contributed by atoms with E-state index in [9.17, 15) is 9.59 Å². The molecule has 0 fully saturated rings. The quantitative estimate of drug-likeness (QED) is 0.690. The first kappa shape index (κ1) is 18.3. The molecule has 144 valence electrons. The minimum atomic E-state index is -0.547. The molecule has 0 bridgehead atoms. The van der Waals surface area contributed by atoms with Gasteiger partial charge in [-0.15, -0.1) is 0 Å². The van der Waals surface area contributed by atoms with Gasteiger partial charge in [-0.05, 0) is 35.6 Å². The van der Waals surface area contributed by atoms with Gasteiger partial charge < -0.3 is 15.2 Å². The van der Waals surface area contributed by atoms with Gasteiger partial charge in [-0.2, -0.15) is 0 Å². The molecule has 1 aliphatic heterocycles. The maximum absolute atomic E-state index is 13.0. The van der Waals surface area contributed by atoms with Crippen LogP contribution in [0.2, 0.25) is 0 Å². The van der Waals surface area contributed by atoms with Crippen molar-refractivity contribution in [3.63, 3.8) is 0 Å². The van der Waals surface area contributed by atoms with Gasteiger partial charge in [0.25, 0.3) is 5.91 Å². The monoisotopic (exact) mass is 375 g/mol. The Hall–Kier alpha value is -3.08. The number of aromatic nitrogens is 1. The molecule has 5 heteroatoms. The molecule has 0 aliphatic carbocycles. The number of rotatable bonds is 6. The van der Waals surface area contributed by atoms with Gasteiger partial charge in [-0.1, -0.05) is 50.2 Å². The molecule has 2 aromatic carbocycles. The Balaban J connectivity index is 1.48. The van der Waals surface area contributed by atoms with E-state index < -0.39 is 6.04 Å². The van der Waals surface area contributed by atoms with Gasteiger partial charge in [0.05, 0.1) is 0 Å². The Kier molecular flexibility index (Phi) is 4.90. The van der Waals surface area contributed by atoms with E-state index in [2.05, 4.69) is 30.2 Å². The molecule has 4 rings (SSSR count). The van der Waals surface area contributed by atoms with Crippen LogP contribution in [0.4, 0.5) is 0 Å². The fourth-order valence-corrected chi connectivity index (χ4v) is 3.99. The smallest absolute Gasteiger partial charge is 0.255 e. The average Bonchev–Trinajstić information content (AvgIpc) is 3.21. The van der Waals surface area contributed by atoms with Crippen LogP contribution in [0.3, 0.4) is 0 Å². The van der Waals surface area contributed by atoms with Crippen LogP contribution in [0, 0.1) is 5.92 Å². The van der Waals surface area contributed by atoms with Crippen molar-refractivity contribution < 1.29 is 9.59 Å². The predicted molar refractivity (Wildman–Crippen MR) is 110 cm³/mol. The van der Waals surface area contributed by atoms with Crippen molar-refractivity contribution in [3.8, 4) is 0 Å². The van der Waals surface area contributed by atoms with E-state index in [1.54, 1.807) is 4.90 Å². The van der Waals surface area contributed by atoms with Crippen molar-refractivity contribution in [3.05, 3.63) is 71.4 Å². The number of hydrogen-bond acceptors (Lipinski definition) is 2. The Bertz CT molecular complexity index is 1020. The van der Waals surface area contributed by atoms with Gasteiger partial charge in [0, 0.05) is 35.8 Å². The normalized spacial score (nSPS) is 16.0. The summed E-state index contributed by atoms with van der Waals surface area (Å²) in [6.07, 6.45) is 2.73. The third-order valence-corrected chi connectivity index (χ3v) is 5.24. The zero-order valence-corrected chi connectivity index (χ0v) is 16.2. The van der Waals surface area contributed by atoms with Crippen LogP contribution in [0.25, 0.3) is 10.9 Å². The summed E-state index contributed by atoms with van der Waals surface area (Å²) >= 11 is 0. The zero-order valence-electron chi connectivity index (χ0n) is 16.2. The summed E-state index contributed by atoms with van der Waals surface area (Å²) in [7, 11) is 0. The van der Waals surface area contributed by atoms with Crippen molar-refractivity contribution in [1.82, 2.24) is 15.2 Å². The maximum Gasteiger partial charge on any atom is 0.255 e. The van der Waals surface area contributed by atoms with Crippen LogP contribution in [-0.2, 0) is 11.2 Å². The van der Waals surface area contributed by atoms with Gasteiger partial charge in [-0.3, -0.25) is 9.59 Å². The lowest BCUT2D eigenvalue weighted by atomic mass is 10.0. The Labute approximate surface area is 164 Å². The lowest BCUT2D eigenvalue weighted by molar-refractivity contribution is -0.125. The van der Waals surface area contributed by atoms with Crippen molar-refractivity contribution in [2.24, 2.45) is 5.92 Å². The summed E-state index contributed by atoms with van der Waals surface area (Å²) in [5, 5.41) is 4.23. The second-order valence-electron chi connectivity index (χ2n) is 7.74. The number of amides is 2. The van der Waals surface area contributed by atoms with Crippen molar-refractivity contribution in [2.75, 3.05) is 13.1 Å². The SMILES string of the molecule is CC(C)CN1C(=O)c2ccccc2C1C(=O)NCCc1c[nH]c2ccccc12. The van der Waals surface area contributed by atoms with E-state index in [0.717, 1.165) is 17.5 Å². The van der Waals surface area contributed by atoms with Gasteiger partial charge in [-0.25, -0.2) is 0 Å². The second-order valence-corrected chi connectivity index (χ2v) is 7.74. The van der Waals surface area contributed by atoms with E-state index in [-0.39, 0.29) is 11.8 Å². The standard InChI is InChI=1S/C23H25N3O2/c1-15(2)14-26-21(18-8-3-4-9-19(18)23(26)28)22(27)24-12-11-16-13-25-20-10-6-5-7-17(16)20/h3-10,13,15,21,25H,11-12,14H2,1-2H3,(H,24,27). The molecule has 2 amide bonds. The molecule has 1 atom stereocenters. The fraction of sp³-hybridized carbons (Fsp3) is 0.304. The minimum Gasteiger partial charge on any atom is -0.361 e. The summed E-state index contributed by atoms with van der Waals surface area (Å²) < 4.78 is 0. The van der Waals surface area contributed by atoms with Crippen molar-refractivity contribution >= 4 is 22.7 Å². The number of nitrogens with zero attached hydrogens (tertiary/aromatic N) is 1. The molecule has 3 aromatic rings. The molecule has 5 nitrogen and oxygen atoms in total. The first-order valence-electron chi connectivity index (χ1n) is 9.79. The molecule has 2 heterocycles. The van der Waals surface area contributed by atoms with Crippen LogP contribution >= 0.6 is 0 Å². The number of hydrogen-bond donors (Lipinski definition) is 2. The third-order valence-electron chi connectivity index (χ3n) is 5.24. The lowest BCUT2D eigenvalue weighted by Gasteiger charge is -2.26. The first-order chi connectivity index (χ1) is 13.6. The Morgan fingerprint density at radius 2 is 1.89 bits per heavy atom. The van der Waals surface area contributed by atoms with Crippen molar-refractivity contribution in [1.29, 1.82) is 0 Å². The highest BCUT2D eigenvalue weighted by atomic mass is 16.2. The van der Waals surface area contributed by atoms with Crippen LogP contribution in [-0.4, -0.2) is 34.8 Å². The number of carbonyl (C=O) groups is 2. The number of aromatic amines is 1. The Morgan fingerprint density at radius 3 is 2.71 bits per heavy atom. The summed E-state index contributed by atoms with van der Waals surface area (Å²) in [6.45, 7) is 5.21. The Morgan fingerprint density at radius 1 is 1.14 bits per heavy atom. The largest absolute Gasteiger partial charge is 0.361 e. The van der Waals surface area contributed by atoms with Gasteiger partial charge in [0.2, 0.25) is 5.91 Å². The highest BCUT2D eigenvalue weighted by Gasteiger charge is 2.40. The van der Waals surface area contributed by atoms with Crippen molar-refractivity contribution in [2.45, 2.75) is 26.3 Å².